The van der Waals surface area contributed by atoms with Crippen molar-refractivity contribution in [2.24, 2.45) is 5.92 Å². The molecule has 2 unspecified atom stereocenters. The molecular formula is C24H30O5. The van der Waals surface area contributed by atoms with Crippen LogP contribution in [0.2, 0.25) is 0 Å². The average Bonchev–Trinajstić information content (AvgIpc) is 2.73. The normalized spacial score (nSPS) is 14.1. The van der Waals surface area contributed by atoms with E-state index in [1.165, 1.54) is 12.1 Å². The van der Waals surface area contributed by atoms with E-state index < -0.39 is 17.5 Å². The van der Waals surface area contributed by atoms with Gasteiger partial charge in [0.2, 0.25) is 0 Å². The largest absolute Gasteiger partial charge is 0.481 e. The SMILES string of the molecule is CCC(CCCCCCC(=O)O)C(O)(c1ccccc1)c1ccc(C(=O)O)cc1. The van der Waals surface area contributed by atoms with Crippen molar-refractivity contribution in [2.45, 2.75) is 57.5 Å². The number of carboxylic acid groups (broad SMARTS) is 2. The second-order valence-electron chi connectivity index (χ2n) is 7.47. The number of hydrogen-bond acceptors (Lipinski definition) is 3. The smallest absolute Gasteiger partial charge is 0.335 e. The Bertz CT molecular complexity index is 785. The Balaban J connectivity index is 2.22. The maximum atomic E-state index is 11.9. The fraction of sp³-hybridized carbons (Fsp3) is 0.417. The molecule has 5 nitrogen and oxygen atoms in total. The predicted octanol–water partition coefficient (Wildman–Crippen LogP) is 5.07. The molecule has 29 heavy (non-hydrogen) atoms. The first-order valence-corrected chi connectivity index (χ1v) is 10.2. The minimum Gasteiger partial charge on any atom is -0.481 e. The summed E-state index contributed by atoms with van der Waals surface area (Å²) in [5.41, 5.74) is 0.455. The van der Waals surface area contributed by atoms with Gasteiger partial charge >= 0.3 is 11.9 Å². The van der Waals surface area contributed by atoms with Crippen LogP contribution in [-0.2, 0) is 10.4 Å². The zero-order chi connectivity index (χ0) is 21.3. The number of unbranched alkanes of at least 4 members (excludes halogenated alkanes) is 3. The molecule has 0 amide bonds. The molecular weight excluding hydrogens is 368 g/mol. The van der Waals surface area contributed by atoms with Gasteiger partial charge < -0.3 is 15.3 Å². The minimum absolute atomic E-state index is 0.0416. The van der Waals surface area contributed by atoms with Gasteiger partial charge in [-0.2, -0.15) is 0 Å². The second kappa shape index (κ2) is 10.8. The summed E-state index contributed by atoms with van der Waals surface area (Å²) in [4.78, 5) is 21.8. The number of benzene rings is 2. The average molecular weight is 398 g/mol. The molecule has 0 saturated carbocycles. The third-order valence-corrected chi connectivity index (χ3v) is 5.56. The highest BCUT2D eigenvalue weighted by molar-refractivity contribution is 5.87. The Morgan fingerprint density at radius 1 is 0.862 bits per heavy atom. The van der Waals surface area contributed by atoms with Gasteiger partial charge in [-0.1, -0.05) is 68.7 Å². The highest BCUT2D eigenvalue weighted by Gasteiger charge is 2.38. The van der Waals surface area contributed by atoms with Crippen molar-refractivity contribution >= 4 is 11.9 Å². The maximum absolute atomic E-state index is 11.9. The number of carbonyl (C=O) groups is 2. The molecule has 0 fully saturated rings. The van der Waals surface area contributed by atoms with Crippen LogP contribution >= 0.6 is 0 Å². The summed E-state index contributed by atoms with van der Waals surface area (Å²) in [6, 6.07) is 16.0. The molecule has 156 valence electrons. The number of rotatable bonds is 12. The molecule has 0 heterocycles. The molecule has 0 aliphatic rings. The topological polar surface area (TPSA) is 94.8 Å². The monoisotopic (exact) mass is 398 g/mol. The van der Waals surface area contributed by atoms with Crippen LogP contribution in [0.5, 0.6) is 0 Å². The van der Waals surface area contributed by atoms with Crippen molar-refractivity contribution in [1.82, 2.24) is 0 Å². The van der Waals surface area contributed by atoms with Gasteiger partial charge in [0, 0.05) is 6.42 Å². The molecule has 2 rings (SSSR count). The van der Waals surface area contributed by atoms with E-state index in [0.29, 0.717) is 12.0 Å². The van der Waals surface area contributed by atoms with Gasteiger partial charge in [0.05, 0.1) is 5.56 Å². The standard InChI is InChI=1S/C24H30O5/c1-2-19(10-6-3-4-9-13-22(25)26)24(29,20-11-7-5-8-12-20)21-16-14-18(15-17-21)23(27)28/h5,7-8,11-12,14-17,19,29H,2-4,6,9-10,13H2,1H3,(H,25,26)(H,27,28). The first kappa shape index (κ1) is 22.6. The highest BCUT2D eigenvalue weighted by Crippen LogP contribution is 2.41. The summed E-state index contributed by atoms with van der Waals surface area (Å²) < 4.78 is 0. The summed E-state index contributed by atoms with van der Waals surface area (Å²) in [6.45, 7) is 2.05. The van der Waals surface area contributed by atoms with E-state index >= 15 is 0 Å². The third-order valence-electron chi connectivity index (χ3n) is 5.56. The molecule has 0 aliphatic carbocycles. The van der Waals surface area contributed by atoms with Crippen LogP contribution in [0.3, 0.4) is 0 Å². The Kier molecular flexibility index (Phi) is 8.40. The lowest BCUT2D eigenvalue weighted by Crippen LogP contribution is -2.36. The molecule has 3 N–H and O–H groups in total. The van der Waals surface area contributed by atoms with Crippen LogP contribution in [0, 0.1) is 5.92 Å². The zero-order valence-corrected chi connectivity index (χ0v) is 16.9. The lowest BCUT2D eigenvalue weighted by molar-refractivity contribution is -0.137. The molecule has 0 saturated heterocycles. The summed E-state index contributed by atoms with van der Waals surface area (Å²) in [5.74, 6) is -1.80. The highest BCUT2D eigenvalue weighted by atomic mass is 16.4. The van der Waals surface area contributed by atoms with E-state index in [0.717, 1.165) is 37.7 Å². The molecule has 2 atom stereocenters. The Morgan fingerprint density at radius 3 is 2.00 bits per heavy atom. The Hall–Kier alpha value is -2.66. The zero-order valence-electron chi connectivity index (χ0n) is 16.9. The number of carboxylic acids is 2. The first-order valence-electron chi connectivity index (χ1n) is 10.2. The predicted molar refractivity (Wildman–Crippen MR) is 112 cm³/mol. The van der Waals surface area contributed by atoms with Crippen molar-refractivity contribution in [1.29, 1.82) is 0 Å². The lowest BCUT2D eigenvalue weighted by Gasteiger charge is -2.37. The number of aliphatic hydroxyl groups is 1. The van der Waals surface area contributed by atoms with Gasteiger partial charge in [0.15, 0.2) is 0 Å². The molecule has 5 heteroatoms. The Morgan fingerprint density at radius 2 is 1.45 bits per heavy atom. The van der Waals surface area contributed by atoms with E-state index in [1.54, 1.807) is 12.1 Å². The van der Waals surface area contributed by atoms with Crippen LogP contribution in [0.15, 0.2) is 54.6 Å². The van der Waals surface area contributed by atoms with E-state index in [4.69, 9.17) is 5.11 Å². The van der Waals surface area contributed by atoms with E-state index in [1.807, 2.05) is 30.3 Å². The number of aliphatic carboxylic acids is 1. The summed E-state index contributed by atoms with van der Waals surface area (Å²) in [7, 11) is 0. The molecule has 0 radical (unpaired) electrons. The second-order valence-corrected chi connectivity index (χ2v) is 7.47. The van der Waals surface area contributed by atoms with Crippen LogP contribution in [0.1, 0.15) is 73.4 Å². The van der Waals surface area contributed by atoms with Crippen LogP contribution in [0.25, 0.3) is 0 Å². The number of aromatic carboxylic acids is 1. The summed E-state index contributed by atoms with van der Waals surface area (Å²) in [5, 5.41) is 29.8. The van der Waals surface area contributed by atoms with Gasteiger partial charge in [0.25, 0.3) is 0 Å². The molecule has 0 aromatic heterocycles. The van der Waals surface area contributed by atoms with Crippen LogP contribution in [-0.4, -0.2) is 27.3 Å². The van der Waals surface area contributed by atoms with Crippen molar-refractivity contribution in [3.05, 3.63) is 71.3 Å². The van der Waals surface area contributed by atoms with E-state index in [2.05, 4.69) is 6.92 Å². The van der Waals surface area contributed by atoms with Crippen molar-refractivity contribution < 1.29 is 24.9 Å². The van der Waals surface area contributed by atoms with Crippen molar-refractivity contribution in [3.8, 4) is 0 Å². The fourth-order valence-corrected chi connectivity index (χ4v) is 3.93. The van der Waals surface area contributed by atoms with E-state index in [9.17, 15) is 19.8 Å². The third kappa shape index (κ3) is 5.91. The number of hydrogen-bond donors (Lipinski definition) is 3. The first-order chi connectivity index (χ1) is 13.9. The molecule has 0 spiro atoms. The molecule has 0 aliphatic heterocycles. The van der Waals surface area contributed by atoms with Crippen molar-refractivity contribution in [2.75, 3.05) is 0 Å². The molecule has 2 aromatic carbocycles. The van der Waals surface area contributed by atoms with Gasteiger partial charge in [-0.25, -0.2) is 4.79 Å². The van der Waals surface area contributed by atoms with Gasteiger partial charge in [-0.15, -0.1) is 0 Å². The minimum atomic E-state index is -1.21. The molecule has 2 aromatic rings. The van der Waals surface area contributed by atoms with Gasteiger partial charge in [-0.3, -0.25) is 4.79 Å². The quantitative estimate of drug-likeness (QED) is 0.434. The molecule has 0 bridgehead atoms. The Labute approximate surface area is 172 Å². The summed E-state index contributed by atoms with van der Waals surface area (Å²) in [6.07, 6.45) is 5.12. The fourth-order valence-electron chi connectivity index (χ4n) is 3.93. The van der Waals surface area contributed by atoms with Gasteiger partial charge in [-0.05, 0) is 48.4 Å². The van der Waals surface area contributed by atoms with Crippen LogP contribution in [0.4, 0.5) is 0 Å². The summed E-state index contributed by atoms with van der Waals surface area (Å²) >= 11 is 0. The van der Waals surface area contributed by atoms with Crippen molar-refractivity contribution in [3.63, 3.8) is 0 Å². The lowest BCUT2D eigenvalue weighted by atomic mass is 9.72. The van der Waals surface area contributed by atoms with Gasteiger partial charge in [0.1, 0.15) is 5.60 Å². The van der Waals surface area contributed by atoms with E-state index in [-0.39, 0.29) is 17.9 Å². The van der Waals surface area contributed by atoms with Crippen LogP contribution < -0.4 is 0 Å². The maximum Gasteiger partial charge on any atom is 0.335 e.